The Hall–Kier alpha value is -2.02. The number of aliphatic hydroxyl groups excluding tert-OH is 1. The predicted octanol–water partition coefficient (Wildman–Crippen LogP) is 2.66. The number of hydrogen-bond acceptors (Lipinski definition) is 3. The lowest BCUT2D eigenvalue weighted by Crippen LogP contribution is -2.37. The van der Waals surface area contributed by atoms with Crippen molar-refractivity contribution in [3.63, 3.8) is 0 Å². The predicted molar refractivity (Wildman–Crippen MR) is 90.2 cm³/mol. The summed E-state index contributed by atoms with van der Waals surface area (Å²) < 4.78 is 40.0. The zero-order chi connectivity index (χ0) is 17.2. The molecule has 0 aromatic heterocycles. The SMILES string of the molecule is O=S(=O)(c1ccc(F)cc1)N1CC(c2ccccc2)=CCC(O)C1. The van der Waals surface area contributed by atoms with Crippen LogP contribution in [0, 0.1) is 5.82 Å². The molecule has 0 bridgehead atoms. The molecule has 0 aliphatic carbocycles. The van der Waals surface area contributed by atoms with Gasteiger partial charge in [-0.05, 0) is 41.8 Å². The molecular formula is C18H18FNO3S. The van der Waals surface area contributed by atoms with Gasteiger partial charge in [0.2, 0.25) is 10.0 Å². The summed E-state index contributed by atoms with van der Waals surface area (Å²) in [6.07, 6.45) is 1.49. The van der Waals surface area contributed by atoms with Gasteiger partial charge in [-0.3, -0.25) is 0 Å². The minimum atomic E-state index is -3.81. The van der Waals surface area contributed by atoms with Crippen molar-refractivity contribution in [3.05, 3.63) is 72.1 Å². The largest absolute Gasteiger partial charge is 0.391 e. The first kappa shape index (κ1) is 16.8. The van der Waals surface area contributed by atoms with E-state index < -0.39 is 21.9 Å². The normalized spacial score (nSPS) is 19.6. The third-order valence-electron chi connectivity index (χ3n) is 3.99. The molecule has 1 atom stereocenters. The molecule has 0 saturated heterocycles. The molecule has 24 heavy (non-hydrogen) atoms. The van der Waals surface area contributed by atoms with Crippen LogP contribution in [0.5, 0.6) is 0 Å². The monoisotopic (exact) mass is 347 g/mol. The highest BCUT2D eigenvalue weighted by Gasteiger charge is 2.29. The highest BCUT2D eigenvalue weighted by molar-refractivity contribution is 7.89. The van der Waals surface area contributed by atoms with Crippen molar-refractivity contribution >= 4 is 15.6 Å². The number of aliphatic hydroxyl groups is 1. The quantitative estimate of drug-likeness (QED) is 0.929. The molecule has 6 heteroatoms. The van der Waals surface area contributed by atoms with Crippen molar-refractivity contribution in [1.82, 2.24) is 4.31 Å². The standard InChI is InChI=1S/C18H18FNO3S/c19-16-7-10-18(11-8-16)24(22,23)20-12-15(6-9-17(21)13-20)14-4-2-1-3-5-14/h1-8,10-11,17,21H,9,12-13H2. The number of rotatable bonds is 3. The minimum absolute atomic E-state index is 0.00649. The number of benzene rings is 2. The second-order valence-electron chi connectivity index (χ2n) is 5.74. The van der Waals surface area contributed by atoms with Crippen molar-refractivity contribution in [3.8, 4) is 0 Å². The Morgan fingerprint density at radius 3 is 2.38 bits per heavy atom. The molecule has 1 unspecified atom stereocenters. The number of nitrogens with zero attached hydrogens (tertiary/aromatic N) is 1. The van der Waals surface area contributed by atoms with Crippen LogP contribution in [-0.2, 0) is 10.0 Å². The van der Waals surface area contributed by atoms with Crippen molar-refractivity contribution < 1.29 is 17.9 Å². The molecule has 2 aromatic carbocycles. The lowest BCUT2D eigenvalue weighted by molar-refractivity contribution is 0.155. The van der Waals surface area contributed by atoms with Gasteiger partial charge in [0.15, 0.2) is 0 Å². The summed E-state index contributed by atoms with van der Waals surface area (Å²) in [7, 11) is -3.81. The van der Waals surface area contributed by atoms with Crippen LogP contribution in [0.4, 0.5) is 4.39 Å². The van der Waals surface area contributed by atoms with E-state index in [0.717, 1.165) is 23.3 Å². The van der Waals surface area contributed by atoms with Gasteiger partial charge < -0.3 is 5.11 Å². The first-order chi connectivity index (χ1) is 11.5. The maximum atomic E-state index is 13.1. The molecule has 0 spiro atoms. The van der Waals surface area contributed by atoms with E-state index in [1.807, 2.05) is 36.4 Å². The lowest BCUT2D eigenvalue weighted by Gasteiger charge is -2.23. The first-order valence-electron chi connectivity index (χ1n) is 7.65. The molecule has 0 radical (unpaired) electrons. The molecule has 2 aromatic rings. The van der Waals surface area contributed by atoms with Gasteiger partial charge in [-0.1, -0.05) is 36.4 Å². The van der Waals surface area contributed by atoms with Gasteiger partial charge >= 0.3 is 0 Å². The van der Waals surface area contributed by atoms with Crippen molar-refractivity contribution in [2.75, 3.05) is 13.1 Å². The third-order valence-corrected chi connectivity index (χ3v) is 5.82. The van der Waals surface area contributed by atoms with Gasteiger partial charge in [0, 0.05) is 13.1 Å². The molecule has 4 nitrogen and oxygen atoms in total. The smallest absolute Gasteiger partial charge is 0.243 e. The van der Waals surface area contributed by atoms with Crippen molar-refractivity contribution in [2.24, 2.45) is 0 Å². The van der Waals surface area contributed by atoms with Gasteiger partial charge in [-0.15, -0.1) is 0 Å². The molecule has 1 N–H and O–H groups in total. The molecule has 126 valence electrons. The number of halogens is 1. The van der Waals surface area contributed by atoms with Crippen LogP contribution in [0.25, 0.3) is 5.57 Å². The summed E-state index contributed by atoms with van der Waals surface area (Å²) in [5.74, 6) is -0.491. The Morgan fingerprint density at radius 1 is 1.04 bits per heavy atom. The average Bonchev–Trinajstić information content (AvgIpc) is 2.78. The maximum absolute atomic E-state index is 13.1. The van der Waals surface area contributed by atoms with Crippen LogP contribution >= 0.6 is 0 Å². The summed E-state index contributed by atoms with van der Waals surface area (Å²) in [6, 6.07) is 14.2. The topological polar surface area (TPSA) is 57.6 Å². The first-order valence-corrected chi connectivity index (χ1v) is 9.09. The fourth-order valence-electron chi connectivity index (χ4n) is 2.71. The molecule has 0 amide bonds. The van der Waals surface area contributed by atoms with Crippen LogP contribution in [0.2, 0.25) is 0 Å². The second-order valence-corrected chi connectivity index (χ2v) is 7.67. The van der Waals surface area contributed by atoms with Gasteiger partial charge in [0.1, 0.15) is 5.82 Å². The summed E-state index contributed by atoms with van der Waals surface area (Å²) in [5.41, 5.74) is 1.77. The van der Waals surface area contributed by atoms with E-state index in [4.69, 9.17) is 0 Å². The zero-order valence-electron chi connectivity index (χ0n) is 13.0. The Kier molecular flexibility index (Phi) is 4.80. The fourth-order valence-corrected chi connectivity index (χ4v) is 4.16. The van der Waals surface area contributed by atoms with E-state index in [1.54, 1.807) is 0 Å². The summed E-state index contributed by atoms with van der Waals surface area (Å²) >= 11 is 0. The summed E-state index contributed by atoms with van der Waals surface area (Å²) in [6.45, 7) is 0.174. The van der Waals surface area contributed by atoms with Crippen molar-refractivity contribution in [1.29, 1.82) is 0 Å². The average molecular weight is 347 g/mol. The van der Waals surface area contributed by atoms with E-state index >= 15 is 0 Å². The Bertz CT molecular complexity index is 832. The van der Waals surface area contributed by atoms with Crippen LogP contribution in [0.1, 0.15) is 12.0 Å². The fraction of sp³-hybridized carbons (Fsp3) is 0.222. The molecule has 0 saturated carbocycles. The third kappa shape index (κ3) is 3.56. The van der Waals surface area contributed by atoms with E-state index in [0.29, 0.717) is 6.42 Å². The van der Waals surface area contributed by atoms with Gasteiger partial charge in [0.05, 0.1) is 11.0 Å². The molecule has 1 heterocycles. The number of hydrogen-bond donors (Lipinski definition) is 1. The van der Waals surface area contributed by atoms with Gasteiger partial charge in [0.25, 0.3) is 0 Å². The molecule has 1 aliphatic rings. The summed E-state index contributed by atoms with van der Waals surface area (Å²) in [4.78, 5) is 0.0189. The van der Waals surface area contributed by atoms with Crippen LogP contribution in [-0.4, -0.2) is 37.0 Å². The van der Waals surface area contributed by atoms with E-state index in [-0.39, 0.29) is 18.0 Å². The highest BCUT2D eigenvalue weighted by Crippen LogP contribution is 2.25. The van der Waals surface area contributed by atoms with Crippen LogP contribution in [0.15, 0.2) is 65.6 Å². The van der Waals surface area contributed by atoms with Crippen LogP contribution in [0.3, 0.4) is 0 Å². The molecule has 1 aliphatic heterocycles. The summed E-state index contributed by atoms with van der Waals surface area (Å²) in [5, 5.41) is 10.1. The van der Waals surface area contributed by atoms with E-state index in [9.17, 15) is 17.9 Å². The molecular weight excluding hydrogens is 329 g/mol. The zero-order valence-corrected chi connectivity index (χ0v) is 13.8. The van der Waals surface area contributed by atoms with Crippen molar-refractivity contribution in [2.45, 2.75) is 17.4 Å². The lowest BCUT2D eigenvalue weighted by atomic mass is 10.1. The van der Waals surface area contributed by atoms with E-state index in [2.05, 4.69) is 0 Å². The maximum Gasteiger partial charge on any atom is 0.243 e. The minimum Gasteiger partial charge on any atom is -0.391 e. The molecule has 3 rings (SSSR count). The Morgan fingerprint density at radius 2 is 1.71 bits per heavy atom. The highest BCUT2D eigenvalue weighted by atomic mass is 32.2. The molecule has 0 fully saturated rings. The van der Waals surface area contributed by atoms with Gasteiger partial charge in [-0.2, -0.15) is 4.31 Å². The van der Waals surface area contributed by atoms with Crippen LogP contribution < -0.4 is 0 Å². The van der Waals surface area contributed by atoms with E-state index in [1.165, 1.54) is 16.4 Å². The Labute approximate surface area is 140 Å². The number of β-amino-alcohol motifs (C(OH)–C–C–N with tert-alkyl or cyclic N) is 1. The Balaban J connectivity index is 1.94. The van der Waals surface area contributed by atoms with Gasteiger partial charge in [-0.25, -0.2) is 12.8 Å². The second kappa shape index (κ2) is 6.84. The number of sulfonamides is 1.